The van der Waals surface area contributed by atoms with Crippen LogP contribution in [0.3, 0.4) is 0 Å². The van der Waals surface area contributed by atoms with Crippen molar-refractivity contribution in [3.63, 3.8) is 0 Å². The van der Waals surface area contributed by atoms with E-state index in [1.54, 1.807) is 0 Å². The van der Waals surface area contributed by atoms with Gasteiger partial charge in [0.2, 0.25) is 0 Å². The molecule has 0 spiro atoms. The van der Waals surface area contributed by atoms with Crippen LogP contribution in [0.5, 0.6) is 0 Å². The van der Waals surface area contributed by atoms with Crippen molar-refractivity contribution in [2.24, 2.45) is 0 Å². The Kier molecular flexibility index (Phi) is 7.80. The van der Waals surface area contributed by atoms with E-state index in [4.69, 9.17) is 0 Å². The van der Waals surface area contributed by atoms with Crippen LogP contribution in [0.25, 0.3) is 65.3 Å². The Morgan fingerprint density at radius 2 is 0.649 bits per heavy atom. The number of benzene rings is 7. The molecule has 0 amide bonds. The highest BCUT2D eigenvalue weighted by Gasteiger charge is 2.17. The lowest BCUT2D eigenvalue weighted by Gasteiger charge is -2.19. The largest absolute Gasteiger partial charge is 0.114 e. The molecule has 0 nitrogen and oxygen atoms in total. The Morgan fingerprint density at radius 1 is 0.297 bits per heavy atom. The second-order valence-electron chi connectivity index (χ2n) is 9.41. The van der Waals surface area contributed by atoms with Gasteiger partial charge in [-0.05, 0) is 90.3 Å². The van der Waals surface area contributed by atoms with E-state index in [1.165, 1.54) is 76.5 Å². The maximum absolute atomic E-state index is 2.34. The van der Waals surface area contributed by atoms with Gasteiger partial charge in [0.05, 0.1) is 0 Å². The van der Waals surface area contributed by atoms with Crippen molar-refractivity contribution in [2.75, 3.05) is 0 Å². The molecule has 0 unspecified atom stereocenters. The van der Waals surface area contributed by atoms with Gasteiger partial charge in [0.1, 0.15) is 0 Å². The summed E-state index contributed by atoms with van der Waals surface area (Å²) in [4.78, 5) is 0. The quantitative estimate of drug-likeness (QED) is 0.126. The van der Waals surface area contributed by atoms with Crippen molar-refractivity contribution in [2.45, 2.75) is 13.8 Å². The van der Waals surface area contributed by atoms with E-state index in [2.05, 4.69) is 123 Å². The summed E-state index contributed by atoms with van der Waals surface area (Å²) in [6, 6.07) is 40.3. The Bertz CT molecular complexity index is 1730. The van der Waals surface area contributed by atoms with Crippen molar-refractivity contribution in [1.82, 2.24) is 0 Å². The molecule has 0 heterocycles. The fourth-order valence-corrected chi connectivity index (χ4v) is 5.93. The van der Waals surface area contributed by atoms with Crippen LogP contribution in [-0.4, -0.2) is 0 Å². The van der Waals surface area contributed by atoms with Gasteiger partial charge < -0.3 is 0 Å². The number of hydrogen-bond donors (Lipinski definition) is 0. The van der Waals surface area contributed by atoms with Gasteiger partial charge in [0.15, 0.2) is 0 Å². The molecule has 0 atom stereocenters. The highest BCUT2D eigenvalue weighted by molar-refractivity contribution is 8.93. The van der Waals surface area contributed by atoms with Crippen LogP contribution in [0.1, 0.15) is 11.1 Å². The van der Waals surface area contributed by atoms with E-state index in [-0.39, 0.29) is 50.9 Å². The number of fused-ring (bicyclic) bond motifs is 2. The zero-order valence-electron chi connectivity index (χ0n) is 20.6. The molecule has 0 bridgehead atoms. The number of rotatable bonds is 2. The Labute approximate surface area is 249 Å². The molecular weight excluding hydrogens is 648 g/mol. The molecule has 7 aromatic rings. The third-order valence-corrected chi connectivity index (χ3v) is 7.53. The normalized spacial score (nSPS) is 10.9. The third kappa shape index (κ3) is 4.09. The average molecular weight is 675 g/mol. The summed E-state index contributed by atoms with van der Waals surface area (Å²) in [7, 11) is 0. The molecule has 0 aliphatic rings. The summed E-state index contributed by atoms with van der Waals surface area (Å²) >= 11 is 0. The van der Waals surface area contributed by atoms with Gasteiger partial charge in [-0.15, -0.1) is 50.9 Å². The summed E-state index contributed by atoms with van der Waals surface area (Å²) in [6.45, 7) is 4.40. The second-order valence-corrected chi connectivity index (χ2v) is 9.41. The van der Waals surface area contributed by atoms with Crippen LogP contribution in [0.15, 0.2) is 109 Å². The van der Waals surface area contributed by atoms with E-state index in [0.717, 1.165) is 0 Å². The van der Waals surface area contributed by atoms with Gasteiger partial charge in [-0.1, -0.05) is 109 Å². The molecule has 184 valence electrons. The molecule has 3 heteroatoms. The predicted molar refractivity (Wildman–Crippen MR) is 179 cm³/mol. The summed E-state index contributed by atoms with van der Waals surface area (Å²) < 4.78 is 0. The molecule has 0 N–H and O–H groups in total. The molecule has 0 aromatic heterocycles. The van der Waals surface area contributed by atoms with E-state index in [1.807, 2.05) is 0 Å². The first kappa shape index (κ1) is 27.3. The van der Waals surface area contributed by atoms with Crippen molar-refractivity contribution in [3.05, 3.63) is 120 Å². The van der Waals surface area contributed by atoms with Crippen molar-refractivity contribution >= 4 is 94.0 Å². The minimum absolute atomic E-state index is 0. The SMILES string of the molecule is Br.Br.Br.Cc1ccccc1-c1ccc2c3cccc4c(-c5ccccc5C)ccc(c5cccc1c52)c43. The summed E-state index contributed by atoms with van der Waals surface area (Å²) in [5.41, 5.74) is 7.86. The lowest BCUT2D eigenvalue weighted by Crippen LogP contribution is -1.92. The molecular formula is C34H27Br3. The highest BCUT2D eigenvalue weighted by atomic mass is 79.9. The van der Waals surface area contributed by atoms with Crippen LogP contribution < -0.4 is 0 Å². The van der Waals surface area contributed by atoms with Crippen LogP contribution >= 0.6 is 50.9 Å². The molecule has 0 fully saturated rings. The molecule has 37 heavy (non-hydrogen) atoms. The lowest BCUT2D eigenvalue weighted by molar-refractivity contribution is 1.47. The van der Waals surface area contributed by atoms with Crippen LogP contribution in [0.4, 0.5) is 0 Å². The first-order valence-corrected chi connectivity index (χ1v) is 12.0. The smallest absolute Gasteiger partial charge is 0.00201 e. The third-order valence-electron chi connectivity index (χ3n) is 7.53. The molecule has 7 aromatic carbocycles. The minimum Gasteiger partial charge on any atom is -0.114 e. The fourth-order valence-electron chi connectivity index (χ4n) is 5.93. The predicted octanol–water partition coefficient (Wildman–Crippen LogP) is 11.4. The summed E-state index contributed by atoms with van der Waals surface area (Å²) in [5, 5.41) is 10.7. The molecule has 0 aliphatic carbocycles. The Morgan fingerprint density at radius 3 is 1.05 bits per heavy atom. The second kappa shape index (κ2) is 10.6. The fraction of sp³-hybridized carbons (Fsp3) is 0.0588. The molecule has 0 aliphatic heterocycles. The number of hydrogen-bond acceptors (Lipinski definition) is 0. The van der Waals surface area contributed by atoms with E-state index in [9.17, 15) is 0 Å². The van der Waals surface area contributed by atoms with Crippen molar-refractivity contribution < 1.29 is 0 Å². The zero-order valence-corrected chi connectivity index (χ0v) is 25.8. The van der Waals surface area contributed by atoms with E-state index < -0.39 is 0 Å². The minimum atomic E-state index is 0. The monoisotopic (exact) mass is 672 g/mol. The maximum atomic E-state index is 2.34. The topological polar surface area (TPSA) is 0 Å². The van der Waals surface area contributed by atoms with Gasteiger partial charge in [-0.2, -0.15) is 0 Å². The van der Waals surface area contributed by atoms with E-state index >= 15 is 0 Å². The van der Waals surface area contributed by atoms with Crippen LogP contribution in [-0.2, 0) is 0 Å². The zero-order chi connectivity index (χ0) is 22.8. The lowest BCUT2D eigenvalue weighted by atomic mass is 9.84. The molecule has 0 saturated carbocycles. The Balaban J connectivity index is 0.00000107. The summed E-state index contributed by atoms with van der Waals surface area (Å²) in [6.07, 6.45) is 0. The van der Waals surface area contributed by atoms with E-state index in [0.29, 0.717) is 0 Å². The van der Waals surface area contributed by atoms with Gasteiger partial charge >= 0.3 is 0 Å². The van der Waals surface area contributed by atoms with Crippen LogP contribution in [0, 0.1) is 13.8 Å². The first-order chi connectivity index (χ1) is 16.7. The Hall–Kier alpha value is -2.72. The number of halogens is 3. The molecule has 7 rings (SSSR count). The summed E-state index contributed by atoms with van der Waals surface area (Å²) in [5.74, 6) is 0. The first-order valence-electron chi connectivity index (χ1n) is 12.0. The maximum Gasteiger partial charge on any atom is -0.00201 e. The van der Waals surface area contributed by atoms with Crippen molar-refractivity contribution in [1.29, 1.82) is 0 Å². The standard InChI is InChI=1S/C34H24.3BrH/c1-21-9-3-5-11-23(21)25-17-19-31-30-16-8-14-28-26(24-12-6-4-10-22(24)2)18-20-32(34(28)30)29-15-7-13-27(25)33(29)31;;;/h3-20H,1-2H3;3*1H. The van der Waals surface area contributed by atoms with Gasteiger partial charge in [0, 0.05) is 0 Å². The van der Waals surface area contributed by atoms with Crippen LogP contribution in [0.2, 0.25) is 0 Å². The molecule has 0 radical (unpaired) electrons. The van der Waals surface area contributed by atoms with Gasteiger partial charge in [0.25, 0.3) is 0 Å². The highest BCUT2D eigenvalue weighted by Crippen LogP contribution is 2.45. The molecule has 0 saturated heterocycles. The van der Waals surface area contributed by atoms with Gasteiger partial charge in [-0.25, -0.2) is 0 Å². The van der Waals surface area contributed by atoms with Gasteiger partial charge in [-0.3, -0.25) is 0 Å². The van der Waals surface area contributed by atoms with Crippen molar-refractivity contribution in [3.8, 4) is 22.3 Å². The average Bonchev–Trinajstić information content (AvgIpc) is 2.88. The number of aryl methyl sites for hydroxylation is 2.